The van der Waals surface area contributed by atoms with Crippen LogP contribution in [0.15, 0.2) is 0 Å². The molecule has 1 N–H and O–H groups in total. The van der Waals surface area contributed by atoms with Crippen molar-refractivity contribution in [2.24, 2.45) is 5.92 Å². The van der Waals surface area contributed by atoms with Gasteiger partial charge in [-0.3, -0.25) is 4.90 Å². The zero-order valence-electron chi connectivity index (χ0n) is 13.2. The molecular formula is C16H32N2S. The molecule has 2 rings (SSSR count). The highest BCUT2D eigenvalue weighted by Crippen LogP contribution is 2.31. The molecule has 2 fully saturated rings. The van der Waals surface area contributed by atoms with Gasteiger partial charge in [0.2, 0.25) is 0 Å². The van der Waals surface area contributed by atoms with E-state index in [0.29, 0.717) is 5.54 Å². The smallest absolute Gasteiger partial charge is 0.0304 e. The minimum Gasteiger partial charge on any atom is -0.308 e. The number of nitrogens with one attached hydrogen (secondary N) is 1. The van der Waals surface area contributed by atoms with Crippen molar-refractivity contribution < 1.29 is 0 Å². The summed E-state index contributed by atoms with van der Waals surface area (Å²) in [5, 5.41) is 3.89. The summed E-state index contributed by atoms with van der Waals surface area (Å²) in [6.07, 6.45) is 5.31. The van der Waals surface area contributed by atoms with Crippen molar-refractivity contribution in [2.75, 3.05) is 24.6 Å². The molecule has 0 radical (unpaired) electrons. The maximum absolute atomic E-state index is 3.89. The van der Waals surface area contributed by atoms with E-state index in [2.05, 4.69) is 49.7 Å². The normalized spacial score (nSPS) is 29.8. The van der Waals surface area contributed by atoms with Gasteiger partial charge in [-0.05, 0) is 43.1 Å². The Morgan fingerprint density at radius 3 is 2.37 bits per heavy atom. The van der Waals surface area contributed by atoms with Crippen LogP contribution in [0.5, 0.6) is 0 Å². The fourth-order valence-corrected chi connectivity index (χ4v) is 4.80. The Morgan fingerprint density at radius 1 is 1.21 bits per heavy atom. The van der Waals surface area contributed by atoms with Crippen LogP contribution in [0.3, 0.4) is 0 Å². The molecule has 112 valence electrons. The van der Waals surface area contributed by atoms with Crippen molar-refractivity contribution >= 4 is 11.8 Å². The van der Waals surface area contributed by atoms with Gasteiger partial charge in [0.1, 0.15) is 0 Å². The molecule has 2 nitrogen and oxygen atoms in total. The van der Waals surface area contributed by atoms with Gasteiger partial charge in [0, 0.05) is 30.7 Å². The first kappa shape index (κ1) is 15.7. The van der Waals surface area contributed by atoms with Crippen molar-refractivity contribution in [1.29, 1.82) is 0 Å². The van der Waals surface area contributed by atoms with Gasteiger partial charge in [-0.1, -0.05) is 27.7 Å². The lowest BCUT2D eigenvalue weighted by atomic mass is 9.84. The topological polar surface area (TPSA) is 15.3 Å². The predicted octanol–water partition coefficient (Wildman–Crippen LogP) is 3.37. The van der Waals surface area contributed by atoms with Crippen molar-refractivity contribution in [3.8, 4) is 0 Å². The predicted molar refractivity (Wildman–Crippen MR) is 87.0 cm³/mol. The largest absolute Gasteiger partial charge is 0.308 e. The third-order valence-corrected chi connectivity index (χ3v) is 6.43. The van der Waals surface area contributed by atoms with Gasteiger partial charge in [0.15, 0.2) is 0 Å². The third-order valence-electron chi connectivity index (χ3n) is 5.38. The van der Waals surface area contributed by atoms with Gasteiger partial charge < -0.3 is 5.32 Å². The summed E-state index contributed by atoms with van der Waals surface area (Å²) in [6, 6.07) is 1.58. The molecule has 2 aliphatic rings. The fraction of sp³-hybridized carbons (Fsp3) is 1.00. The second kappa shape index (κ2) is 6.82. The quantitative estimate of drug-likeness (QED) is 0.852. The number of thioether (sulfide) groups is 1. The maximum Gasteiger partial charge on any atom is 0.0304 e. The highest BCUT2D eigenvalue weighted by molar-refractivity contribution is 7.99. The first-order chi connectivity index (χ1) is 9.12. The van der Waals surface area contributed by atoms with Crippen LogP contribution in [-0.2, 0) is 0 Å². The lowest BCUT2D eigenvalue weighted by molar-refractivity contribution is 0.0139. The summed E-state index contributed by atoms with van der Waals surface area (Å²) >= 11 is 2.14. The molecule has 0 aliphatic carbocycles. The van der Waals surface area contributed by atoms with E-state index in [9.17, 15) is 0 Å². The molecule has 0 aromatic carbocycles. The molecule has 0 aromatic heterocycles. The van der Waals surface area contributed by atoms with Crippen molar-refractivity contribution in [1.82, 2.24) is 10.2 Å². The summed E-state index contributed by atoms with van der Waals surface area (Å²) in [5.41, 5.74) is 0.371. The summed E-state index contributed by atoms with van der Waals surface area (Å²) < 4.78 is 0. The molecule has 0 amide bonds. The Hall–Kier alpha value is 0.270. The van der Waals surface area contributed by atoms with Crippen LogP contribution in [0.4, 0.5) is 0 Å². The lowest BCUT2D eigenvalue weighted by Gasteiger charge is -2.52. The molecule has 0 saturated carbocycles. The molecule has 1 unspecified atom stereocenters. The van der Waals surface area contributed by atoms with Gasteiger partial charge in [0.05, 0.1) is 0 Å². The molecule has 2 saturated heterocycles. The van der Waals surface area contributed by atoms with E-state index in [1.54, 1.807) is 0 Å². The van der Waals surface area contributed by atoms with Crippen LogP contribution in [0.2, 0.25) is 0 Å². The number of piperazine rings is 1. The highest BCUT2D eigenvalue weighted by Gasteiger charge is 2.40. The van der Waals surface area contributed by atoms with E-state index in [-0.39, 0.29) is 0 Å². The molecule has 0 aromatic rings. The first-order valence-electron chi connectivity index (χ1n) is 8.20. The Morgan fingerprint density at radius 2 is 1.84 bits per heavy atom. The maximum atomic E-state index is 3.89. The highest BCUT2D eigenvalue weighted by atomic mass is 32.2. The fourth-order valence-electron chi connectivity index (χ4n) is 3.72. The first-order valence-corrected chi connectivity index (χ1v) is 9.36. The summed E-state index contributed by atoms with van der Waals surface area (Å²) in [6.45, 7) is 11.9. The summed E-state index contributed by atoms with van der Waals surface area (Å²) in [7, 11) is 0. The number of nitrogens with zero attached hydrogens (tertiary/aromatic N) is 1. The average molecular weight is 285 g/mol. The average Bonchev–Trinajstić information content (AvgIpc) is 2.47. The molecule has 19 heavy (non-hydrogen) atoms. The third kappa shape index (κ3) is 3.48. The number of rotatable bonds is 4. The van der Waals surface area contributed by atoms with Crippen molar-refractivity contribution in [3.05, 3.63) is 0 Å². The van der Waals surface area contributed by atoms with E-state index in [1.165, 1.54) is 50.3 Å². The Labute approximate surface area is 124 Å². The monoisotopic (exact) mass is 284 g/mol. The molecule has 3 heteroatoms. The van der Waals surface area contributed by atoms with Gasteiger partial charge in [0.25, 0.3) is 0 Å². The van der Waals surface area contributed by atoms with E-state index in [1.807, 2.05) is 0 Å². The van der Waals surface area contributed by atoms with E-state index >= 15 is 0 Å². The van der Waals surface area contributed by atoms with Crippen LogP contribution in [0.1, 0.15) is 53.4 Å². The van der Waals surface area contributed by atoms with Crippen LogP contribution in [-0.4, -0.2) is 47.1 Å². The van der Waals surface area contributed by atoms with Crippen LogP contribution < -0.4 is 5.32 Å². The van der Waals surface area contributed by atoms with Crippen LogP contribution in [0, 0.1) is 5.92 Å². The molecule has 2 heterocycles. The summed E-state index contributed by atoms with van der Waals surface area (Å²) in [5.74, 6) is 3.49. The zero-order valence-corrected chi connectivity index (χ0v) is 14.1. The number of hydrogen-bond donors (Lipinski definition) is 1. The zero-order chi connectivity index (χ0) is 13.9. The van der Waals surface area contributed by atoms with Crippen LogP contribution >= 0.6 is 11.8 Å². The summed E-state index contributed by atoms with van der Waals surface area (Å²) in [4.78, 5) is 2.88. The molecule has 1 atom stereocenters. The van der Waals surface area contributed by atoms with Crippen molar-refractivity contribution in [3.63, 3.8) is 0 Å². The Bertz CT molecular complexity index is 270. The standard InChI is InChI=1S/C16H32N2S/c1-5-16(6-2)12-18(14-7-9-19-10-8-14)15(11-17-16)13(3)4/h13-15,17H,5-12H2,1-4H3. The minimum absolute atomic E-state index is 0.371. The SMILES string of the molecule is CCC1(CC)CN(C2CCSCC2)C(C(C)C)CN1. The van der Waals surface area contributed by atoms with Crippen LogP contribution in [0.25, 0.3) is 0 Å². The molecule has 0 spiro atoms. The lowest BCUT2D eigenvalue weighted by Crippen LogP contribution is -2.67. The second-order valence-electron chi connectivity index (χ2n) is 6.70. The van der Waals surface area contributed by atoms with Gasteiger partial charge >= 0.3 is 0 Å². The van der Waals surface area contributed by atoms with Crippen molar-refractivity contribution in [2.45, 2.75) is 71.0 Å². The molecule has 2 aliphatic heterocycles. The van der Waals surface area contributed by atoms with Gasteiger partial charge in [-0.25, -0.2) is 0 Å². The molecular weight excluding hydrogens is 252 g/mol. The van der Waals surface area contributed by atoms with E-state index in [0.717, 1.165) is 18.0 Å². The van der Waals surface area contributed by atoms with Gasteiger partial charge in [-0.2, -0.15) is 11.8 Å². The Kier molecular flexibility index (Phi) is 5.62. The minimum atomic E-state index is 0.371. The van der Waals surface area contributed by atoms with Gasteiger partial charge in [-0.15, -0.1) is 0 Å². The number of hydrogen-bond acceptors (Lipinski definition) is 3. The van der Waals surface area contributed by atoms with E-state index < -0.39 is 0 Å². The molecule has 0 bridgehead atoms. The second-order valence-corrected chi connectivity index (χ2v) is 7.92. The Balaban J connectivity index is 2.11. The van der Waals surface area contributed by atoms with E-state index in [4.69, 9.17) is 0 Å².